The Morgan fingerprint density at radius 2 is 1.61 bits per heavy atom. The molecule has 5 nitrogen and oxygen atoms in total. The van der Waals surface area contributed by atoms with E-state index in [2.05, 4.69) is 5.32 Å². The molecular weight excluding hydrogens is 374 g/mol. The van der Waals surface area contributed by atoms with Crippen molar-refractivity contribution in [3.8, 4) is 0 Å². The number of nitrogens with one attached hydrogen (secondary N) is 1. The van der Waals surface area contributed by atoms with Gasteiger partial charge in [0.05, 0.1) is 11.8 Å². The predicted molar refractivity (Wildman–Crippen MR) is 113 cm³/mol. The lowest BCUT2D eigenvalue weighted by Gasteiger charge is -2.34. The minimum atomic E-state index is -0.349. The number of benzene rings is 2. The first kappa shape index (κ1) is 21.9. The maximum Gasteiger partial charge on any atom is 0.234 e. The molecule has 0 spiro atoms. The molecule has 1 fully saturated rings. The zero-order chi connectivity index (χ0) is 19.1. The van der Waals surface area contributed by atoms with Gasteiger partial charge in [0.2, 0.25) is 11.8 Å². The Balaban J connectivity index is 0.00000280. The molecule has 3 rings (SSSR count). The number of carbonyl (C=O) groups excluding carboxylic acids is 2. The third-order valence-electron chi connectivity index (χ3n) is 5.06. The average molecular weight is 402 g/mol. The average Bonchev–Trinajstić information content (AvgIpc) is 2.74. The van der Waals surface area contributed by atoms with E-state index in [0.717, 1.165) is 24.0 Å². The summed E-state index contributed by atoms with van der Waals surface area (Å²) in [4.78, 5) is 27.6. The first-order chi connectivity index (χ1) is 13.2. The van der Waals surface area contributed by atoms with Crippen molar-refractivity contribution in [1.29, 1.82) is 0 Å². The van der Waals surface area contributed by atoms with Gasteiger partial charge in [0.15, 0.2) is 0 Å². The van der Waals surface area contributed by atoms with Crippen LogP contribution in [0.25, 0.3) is 0 Å². The summed E-state index contributed by atoms with van der Waals surface area (Å²) in [6, 6.07) is 19.7. The van der Waals surface area contributed by atoms with Gasteiger partial charge in [-0.2, -0.15) is 0 Å². The molecule has 3 N–H and O–H groups in total. The number of nitrogens with zero attached hydrogens (tertiary/aromatic N) is 1. The number of hydrogen-bond donors (Lipinski definition) is 2. The van der Waals surface area contributed by atoms with Gasteiger partial charge in [0, 0.05) is 26.2 Å². The van der Waals surface area contributed by atoms with E-state index in [1.165, 1.54) is 0 Å². The molecule has 2 aromatic rings. The SMILES string of the molecule is Cl.NCCNC(=O)C1CCCN(C(=O)C(c2ccccc2)c2ccccc2)C1. The molecular formula is C22H28ClN3O2. The number of halogens is 1. The van der Waals surface area contributed by atoms with Gasteiger partial charge in [0.25, 0.3) is 0 Å². The van der Waals surface area contributed by atoms with Crippen LogP contribution in [0.3, 0.4) is 0 Å². The molecule has 2 amide bonds. The van der Waals surface area contributed by atoms with E-state index < -0.39 is 0 Å². The van der Waals surface area contributed by atoms with Crippen molar-refractivity contribution in [2.45, 2.75) is 18.8 Å². The lowest BCUT2D eigenvalue weighted by atomic mass is 9.88. The number of nitrogens with two attached hydrogens (primary N) is 1. The van der Waals surface area contributed by atoms with Crippen molar-refractivity contribution in [2.24, 2.45) is 11.7 Å². The number of likely N-dealkylation sites (tertiary alicyclic amines) is 1. The Morgan fingerprint density at radius 3 is 2.14 bits per heavy atom. The zero-order valence-electron chi connectivity index (χ0n) is 15.9. The molecule has 1 atom stereocenters. The standard InChI is InChI=1S/C22H27N3O2.ClH/c23-13-14-24-21(26)19-12-7-15-25(16-19)22(27)20(17-8-3-1-4-9-17)18-10-5-2-6-11-18;/h1-6,8-11,19-20H,7,12-16,23H2,(H,24,26);1H. The largest absolute Gasteiger partial charge is 0.355 e. The van der Waals surface area contributed by atoms with Gasteiger partial charge in [-0.05, 0) is 24.0 Å². The fourth-order valence-electron chi connectivity index (χ4n) is 3.68. The summed E-state index contributed by atoms with van der Waals surface area (Å²) in [6.45, 7) is 2.05. The van der Waals surface area contributed by atoms with Crippen molar-refractivity contribution < 1.29 is 9.59 Å². The summed E-state index contributed by atoms with van der Waals surface area (Å²) in [6.07, 6.45) is 1.64. The minimum Gasteiger partial charge on any atom is -0.355 e. The van der Waals surface area contributed by atoms with E-state index in [-0.39, 0.29) is 36.1 Å². The van der Waals surface area contributed by atoms with E-state index in [1.807, 2.05) is 65.6 Å². The summed E-state index contributed by atoms with van der Waals surface area (Å²) in [7, 11) is 0. The van der Waals surface area contributed by atoms with Crippen molar-refractivity contribution in [3.05, 3.63) is 71.8 Å². The molecule has 1 aliphatic rings. The Bertz CT molecular complexity index is 715. The molecule has 2 aromatic carbocycles. The van der Waals surface area contributed by atoms with Crippen LogP contribution in [0.2, 0.25) is 0 Å². The number of hydrogen-bond acceptors (Lipinski definition) is 3. The van der Waals surface area contributed by atoms with E-state index >= 15 is 0 Å². The zero-order valence-corrected chi connectivity index (χ0v) is 16.7. The topological polar surface area (TPSA) is 75.4 Å². The van der Waals surface area contributed by atoms with E-state index in [9.17, 15) is 9.59 Å². The molecule has 0 radical (unpaired) electrons. The van der Waals surface area contributed by atoms with Crippen molar-refractivity contribution >= 4 is 24.2 Å². The van der Waals surface area contributed by atoms with Gasteiger partial charge >= 0.3 is 0 Å². The second-order valence-electron chi connectivity index (χ2n) is 6.96. The molecule has 1 saturated heterocycles. The van der Waals surface area contributed by atoms with Crippen molar-refractivity contribution in [3.63, 3.8) is 0 Å². The van der Waals surface area contributed by atoms with Gasteiger partial charge in [-0.25, -0.2) is 0 Å². The third kappa shape index (κ3) is 5.33. The summed E-state index contributed by atoms with van der Waals surface area (Å²) in [5.41, 5.74) is 7.42. The van der Waals surface area contributed by atoms with Crippen LogP contribution in [0, 0.1) is 5.92 Å². The van der Waals surface area contributed by atoms with E-state index in [1.54, 1.807) is 0 Å². The highest BCUT2D eigenvalue weighted by Crippen LogP contribution is 2.29. The van der Waals surface area contributed by atoms with Crippen LogP contribution in [0.15, 0.2) is 60.7 Å². The Kier molecular flexibility index (Phi) is 8.48. The molecule has 0 aliphatic carbocycles. The molecule has 1 heterocycles. The first-order valence-electron chi connectivity index (χ1n) is 9.57. The number of carbonyl (C=O) groups is 2. The predicted octanol–water partition coefficient (Wildman–Crippen LogP) is 2.55. The fraction of sp³-hybridized carbons (Fsp3) is 0.364. The molecule has 0 bridgehead atoms. The first-order valence-corrected chi connectivity index (χ1v) is 9.57. The summed E-state index contributed by atoms with van der Waals surface area (Å²) in [5.74, 6) is -0.461. The van der Waals surface area contributed by atoms with Crippen molar-refractivity contribution in [1.82, 2.24) is 10.2 Å². The fourth-order valence-corrected chi connectivity index (χ4v) is 3.68. The molecule has 1 aliphatic heterocycles. The van der Waals surface area contributed by atoms with Gasteiger partial charge in [-0.15, -0.1) is 12.4 Å². The summed E-state index contributed by atoms with van der Waals surface area (Å²) >= 11 is 0. The minimum absolute atomic E-state index is 0. The Hall–Kier alpha value is -2.37. The van der Waals surface area contributed by atoms with Gasteiger partial charge in [-0.1, -0.05) is 60.7 Å². The van der Waals surface area contributed by atoms with Crippen LogP contribution >= 0.6 is 12.4 Å². The number of piperidine rings is 1. The third-order valence-corrected chi connectivity index (χ3v) is 5.06. The molecule has 1 unspecified atom stereocenters. The highest BCUT2D eigenvalue weighted by atomic mass is 35.5. The van der Waals surface area contributed by atoms with Gasteiger partial charge in [-0.3, -0.25) is 9.59 Å². The number of amides is 2. The van der Waals surface area contributed by atoms with Crippen LogP contribution in [0.5, 0.6) is 0 Å². The molecule has 6 heteroatoms. The Labute approximate surface area is 172 Å². The normalized spacial score (nSPS) is 16.4. The van der Waals surface area contributed by atoms with Crippen LogP contribution in [-0.4, -0.2) is 42.9 Å². The van der Waals surface area contributed by atoms with Crippen LogP contribution in [0.1, 0.15) is 29.9 Å². The summed E-state index contributed by atoms with van der Waals surface area (Å²) in [5, 5.41) is 2.85. The second-order valence-corrected chi connectivity index (χ2v) is 6.96. The van der Waals surface area contributed by atoms with Crippen LogP contribution < -0.4 is 11.1 Å². The van der Waals surface area contributed by atoms with Gasteiger partial charge in [0.1, 0.15) is 0 Å². The molecule has 150 valence electrons. The lowest BCUT2D eigenvalue weighted by Crippen LogP contribution is -2.47. The van der Waals surface area contributed by atoms with Crippen LogP contribution in [0.4, 0.5) is 0 Å². The Morgan fingerprint density at radius 1 is 1.04 bits per heavy atom. The monoisotopic (exact) mass is 401 g/mol. The maximum atomic E-state index is 13.5. The van der Waals surface area contributed by atoms with Crippen molar-refractivity contribution in [2.75, 3.05) is 26.2 Å². The quantitative estimate of drug-likeness (QED) is 0.781. The summed E-state index contributed by atoms with van der Waals surface area (Å²) < 4.78 is 0. The van der Waals surface area contributed by atoms with E-state index in [4.69, 9.17) is 5.73 Å². The van der Waals surface area contributed by atoms with Crippen LogP contribution in [-0.2, 0) is 9.59 Å². The number of rotatable bonds is 6. The maximum absolute atomic E-state index is 13.5. The smallest absolute Gasteiger partial charge is 0.234 e. The molecule has 28 heavy (non-hydrogen) atoms. The van der Waals surface area contributed by atoms with Gasteiger partial charge < -0.3 is 16.0 Å². The highest BCUT2D eigenvalue weighted by molar-refractivity contribution is 5.88. The second kappa shape index (κ2) is 10.8. The lowest BCUT2D eigenvalue weighted by molar-refractivity contribution is -0.136. The highest BCUT2D eigenvalue weighted by Gasteiger charge is 2.33. The molecule has 0 saturated carbocycles. The van der Waals surface area contributed by atoms with E-state index in [0.29, 0.717) is 26.2 Å². The molecule has 0 aromatic heterocycles.